The highest BCUT2D eigenvalue weighted by Gasteiger charge is 2.37. The van der Waals surface area contributed by atoms with Crippen LogP contribution in [0.5, 0.6) is 0 Å². The lowest BCUT2D eigenvalue weighted by molar-refractivity contribution is -0.164. The van der Waals surface area contributed by atoms with Crippen LogP contribution < -0.4 is 0 Å². The highest BCUT2D eigenvalue weighted by Crippen LogP contribution is 2.32. The van der Waals surface area contributed by atoms with Gasteiger partial charge in [-0.05, 0) is 50.4 Å². The fraction of sp³-hybridized carbons (Fsp3) is 0.926. The number of carbonyl (C=O) groups is 2. The number of aliphatic carboxylic acids is 1. The fourth-order valence-corrected chi connectivity index (χ4v) is 4.78. The van der Waals surface area contributed by atoms with Crippen molar-refractivity contribution in [2.24, 2.45) is 23.7 Å². The molecule has 3 unspecified atom stereocenters. The van der Waals surface area contributed by atoms with Gasteiger partial charge in [0, 0.05) is 0 Å². The molecule has 4 nitrogen and oxygen atoms in total. The van der Waals surface area contributed by atoms with Crippen LogP contribution in [0.25, 0.3) is 0 Å². The molecule has 4 heteroatoms. The van der Waals surface area contributed by atoms with Crippen molar-refractivity contribution in [3.05, 3.63) is 0 Å². The van der Waals surface area contributed by atoms with E-state index in [0.29, 0.717) is 18.8 Å². The van der Waals surface area contributed by atoms with Gasteiger partial charge in [-0.3, -0.25) is 9.59 Å². The van der Waals surface area contributed by atoms with Crippen LogP contribution in [0.3, 0.4) is 0 Å². The Labute approximate surface area is 191 Å². The summed E-state index contributed by atoms with van der Waals surface area (Å²) in [4.78, 5) is 24.4. The van der Waals surface area contributed by atoms with Gasteiger partial charge in [0.05, 0.1) is 11.8 Å². The topological polar surface area (TPSA) is 63.6 Å². The summed E-state index contributed by atoms with van der Waals surface area (Å²) in [6.45, 7) is 9.03. The fourth-order valence-electron chi connectivity index (χ4n) is 4.78. The van der Waals surface area contributed by atoms with Crippen molar-refractivity contribution in [2.45, 2.75) is 137 Å². The molecule has 0 aromatic rings. The minimum absolute atomic E-state index is 0.0475. The van der Waals surface area contributed by atoms with Crippen LogP contribution in [0.15, 0.2) is 0 Å². The zero-order valence-electron chi connectivity index (χ0n) is 20.9. The molecule has 0 spiro atoms. The summed E-state index contributed by atoms with van der Waals surface area (Å²) in [6.07, 6.45) is 17.3. The first-order chi connectivity index (χ1) is 14.8. The molecule has 3 atom stereocenters. The third-order valence-corrected chi connectivity index (χ3v) is 6.78. The van der Waals surface area contributed by atoms with Gasteiger partial charge in [0.1, 0.15) is 6.10 Å². The van der Waals surface area contributed by atoms with Crippen LogP contribution in [0.1, 0.15) is 130 Å². The molecule has 1 N–H and O–H groups in total. The number of carboxylic acid groups (broad SMARTS) is 1. The van der Waals surface area contributed by atoms with Gasteiger partial charge in [-0.2, -0.15) is 0 Å². The first kappa shape index (κ1) is 28.0. The molecular weight excluding hydrogens is 388 g/mol. The largest absolute Gasteiger partial charge is 0.481 e. The number of rotatable bonds is 17. The van der Waals surface area contributed by atoms with Crippen molar-refractivity contribution in [3.8, 4) is 0 Å². The van der Waals surface area contributed by atoms with E-state index in [2.05, 4.69) is 27.7 Å². The van der Waals surface area contributed by atoms with Crippen molar-refractivity contribution >= 4 is 11.9 Å². The van der Waals surface area contributed by atoms with Gasteiger partial charge in [-0.1, -0.05) is 91.9 Å². The van der Waals surface area contributed by atoms with Crippen LogP contribution in [-0.4, -0.2) is 23.1 Å². The second-order valence-corrected chi connectivity index (χ2v) is 10.7. The van der Waals surface area contributed by atoms with E-state index < -0.39 is 17.8 Å². The minimum atomic E-state index is -0.841. The summed E-state index contributed by atoms with van der Waals surface area (Å²) in [7, 11) is 0. The molecule has 0 radical (unpaired) electrons. The van der Waals surface area contributed by atoms with E-state index in [9.17, 15) is 14.7 Å². The second-order valence-electron chi connectivity index (χ2n) is 10.7. The number of esters is 1. The highest BCUT2D eigenvalue weighted by atomic mass is 16.5. The maximum atomic E-state index is 12.8. The number of hydrogen-bond donors (Lipinski definition) is 1. The zero-order valence-corrected chi connectivity index (χ0v) is 20.9. The Morgan fingerprint density at radius 3 is 1.71 bits per heavy atom. The van der Waals surface area contributed by atoms with Gasteiger partial charge < -0.3 is 9.84 Å². The van der Waals surface area contributed by atoms with E-state index in [-0.39, 0.29) is 12.1 Å². The average Bonchev–Trinajstić information content (AvgIpc) is 2.71. The molecule has 1 aliphatic carbocycles. The molecule has 1 aliphatic rings. The third-order valence-electron chi connectivity index (χ3n) is 6.78. The standard InChI is InChI=1S/C27H50O4/c1-21(2)15-10-8-6-5-7-9-11-17-23(18-14-16-22(3)4)31-27(30)25-20-13-12-19-24(25)26(28)29/h21-25H,5-20H2,1-4H3,(H,28,29). The Morgan fingerprint density at radius 1 is 0.710 bits per heavy atom. The van der Waals surface area contributed by atoms with Crippen LogP contribution in [0.4, 0.5) is 0 Å². The van der Waals surface area contributed by atoms with Gasteiger partial charge in [-0.15, -0.1) is 0 Å². The monoisotopic (exact) mass is 438 g/mol. The van der Waals surface area contributed by atoms with E-state index in [1.807, 2.05) is 0 Å². The van der Waals surface area contributed by atoms with Crippen LogP contribution >= 0.6 is 0 Å². The lowest BCUT2D eigenvalue weighted by atomic mass is 9.79. The van der Waals surface area contributed by atoms with Crippen molar-refractivity contribution in [1.82, 2.24) is 0 Å². The van der Waals surface area contributed by atoms with Crippen molar-refractivity contribution in [3.63, 3.8) is 0 Å². The predicted octanol–water partition coefficient (Wildman–Crippen LogP) is 7.78. The summed E-state index contributed by atoms with van der Waals surface area (Å²) in [5.74, 6) is -0.646. The lowest BCUT2D eigenvalue weighted by Crippen LogP contribution is -2.35. The Morgan fingerprint density at radius 2 is 1.16 bits per heavy atom. The van der Waals surface area contributed by atoms with Crippen LogP contribution in [0, 0.1) is 23.7 Å². The van der Waals surface area contributed by atoms with E-state index in [1.54, 1.807) is 0 Å². The van der Waals surface area contributed by atoms with E-state index in [4.69, 9.17) is 4.74 Å². The second kappa shape index (κ2) is 16.6. The molecule has 0 aliphatic heterocycles. The average molecular weight is 439 g/mol. The molecule has 1 fully saturated rings. The molecule has 0 aromatic heterocycles. The predicted molar refractivity (Wildman–Crippen MR) is 128 cm³/mol. The maximum Gasteiger partial charge on any atom is 0.310 e. The maximum absolute atomic E-state index is 12.8. The minimum Gasteiger partial charge on any atom is -0.481 e. The number of unbranched alkanes of at least 4 members (excludes halogenated alkanes) is 6. The quantitative estimate of drug-likeness (QED) is 0.186. The van der Waals surface area contributed by atoms with Gasteiger partial charge >= 0.3 is 11.9 Å². The van der Waals surface area contributed by atoms with E-state index in [0.717, 1.165) is 50.9 Å². The molecule has 182 valence electrons. The third kappa shape index (κ3) is 13.2. The molecule has 0 heterocycles. The summed E-state index contributed by atoms with van der Waals surface area (Å²) in [5.41, 5.74) is 0. The summed E-state index contributed by atoms with van der Waals surface area (Å²) < 4.78 is 5.93. The summed E-state index contributed by atoms with van der Waals surface area (Å²) in [6, 6.07) is 0. The van der Waals surface area contributed by atoms with E-state index >= 15 is 0 Å². The molecule has 0 amide bonds. The number of carboxylic acids is 1. The van der Waals surface area contributed by atoms with Crippen LogP contribution in [0.2, 0.25) is 0 Å². The molecule has 1 saturated carbocycles. The number of ether oxygens (including phenoxy) is 1. The molecule has 31 heavy (non-hydrogen) atoms. The molecular formula is C27H50O4. The van der Waals surface area contributed by atoms with Gasteiger partial charge in [0.2, 0.25) is 0 Å². The molecule has 0 aromatic carbocycles. The Bertz CT molecular complexity index is 486. The van der Waals surface area contributed by atoms with Gasteiger partial charge in [-0.25, -0.2) is 0 Å². The zero-order chi connectivity index (χ0) is 23.1. The summed E-state index contributed by atoms with van der Waals surface area (Å²) in [5, 5.41) is 9.49. The van der Waals surface area contributed by atoms with Crippen molar-refractivity contribution in [2.75, 3.05) is 0 Å². The molecule has 1 rings (SSSR count). The van der Waals surface area contributed by atoms with E-state index in [1.165, 1.54) is 44.9 Å². The van der Waals surface area contributed by atoms with Gasteiger partial charge in [0.25, 0.3) is 0 Å². The van der Waals surface area contributed by atoms with Crippen molar-refractivity contribution in [1.29, 1.82) is 0 Å². The Hall–Kier alpha value is -1.06. The normalized spacial score (nSPS) is 20.2. The van der Waals surface area contributed by atoms with Crippen LogP contribution in [-0.2, 0) is 14.3 Å². The first-order valence-electron chi connectivity index (χ1n) is 13.2. The molecule has 0 bridgehead atoms. The Balaban J connectivity index is 2.38. The molecule has 0 saturated heterocycles. The highest BCUT2D eigenvalue weighted by molar-refractivity contribution is 5.81. The SMILES string of the molecule is CC(C)CCCCCCCCCC(CCCC(C)C)OC(=O)C1CCCCC1C(=O)O. The lowest BCUT2D eigenvalue weighted by Gasteiger charge is -2.29. The number of carbonyl (C=O) groups excluding carboxylic acids is 1. The first-order valence-corrected chi connectivity index (χ1v) is 13.2. The number of hydrogen-bond acceptors (Lipinski definition) is 3. The summed E-state index contributed by atoms with van der Waals surface area (Å²) >= 11 is 0. The van der Waals surface area contributed by atoms with Crippen molar-refractivity contribution < 1.29 is 19.4 Å². The van der Waals surface area contributed by atoms with Gasteiger partial charge in [0.15, 0.2) is 0 Å². The smallest absolute Gasteiger partial charge is 0.310 e. The Kier molecular flexibility index (Phi) is 14.9.